The maximum absolute atomic E-state index is 4.25. The average molecular weight is 300 g/mol. The summed E-state index contributed by atoms with van der Waals surface area (Å²) in [4.78, 5) is 4.03. The van der Waals surface area contributed by atoms with Gasteiger partial charge in [0.05, 0.1) is 5.52 Å². The first-order valence-electron chi connectivity index (χ1n) is 5.37. The van der Waals surface area contributed by atoms with Crippen LogP contribution in [-0.4, -0.2) is 24.8 Å². The van der Waals surface area contributed by atoms with Gasteiger partial charge in [0, 0.05) is 9.86 Å². The summed E-state index contributed by atoms with van der Waals surface area (Å²) in [5, 5.41) is 14.7. The standard InChI is InChI=1S/C12H6BrN5/c13-8-2-3-9-7(5-8)1-4-10-11(9)16-17-12-14-6-15-18(10)12/h1-6H. The summed E-state index contributed by atoms with van der Waals surface area (Å²) in [6.45, 7) is 0. The second-order valence-electron chi connectivity index (χ2n) is 3.97. The molecule has 18 heavy (non-hydrogen) atoms. The lowest BCUT2D eigenvalue weighted by molar-refractivity contribution is 0.942. The van der Waals surface area contributed by atoms with Gasteiger partial charge >= 0.3 is 0 Å². The van der Waals surface area contributed by atoms with Gasteiger partial charge < -0.3 is 0 Å². The lowest BCUT2D eigenvalue weighted by Gasteiger charge is -2.03. The van der Waals surface area contributed by atoms with E-state index in [1.165, 1.54) is 6.33 Å². The van der Waals surface area contributed by atoms with Crippen molar-refractivity contribution in [2.45, 2.75) is 0 Å². The number of benzene rings is 2. The summed E-state index contributed by atoms with van der Waals surface area (Å²) in [7, 11) is 0. The predicted molar refractivity (Wildman–Crippen MR) is 71.3 cm³/mol. The first kappa shape index (κ1) is 9.90. The zero-order valence-electron chi connectivity index (χ0n) is 9.08. The highest BCUT2D eigenvalue weighted by atomic mass is 79.9. The minimum Gasteiger partial charge on any atom is -0.196 e. The normalized spacial score (nSPS) is 11.6. The number of nitrogens with zero attached hydrogens (tertiary/aromatic N) is 5. The Morgan fingerprint density at radius 2 is 2.00 bits per heavy atom. The minimum absolute atomic E-state index is 0.513. The van der Waals surface area contributed by atoms with E-state index in [1.807, 2.05) is 24.3 Å². The van der Waals surface area contributed by atoms with E-state index in [0.717, 1.165) is 26.3 Å². The van der Waals surface area contributed by atoms with Crippen LogP contribution in [0.25, 0.3) is 27.6 Å². The van der Waals surface area contributed by atoms with E-state index in [0.29, 0.717) is 5.78 Å². The Morgan fingerprint density at radius 3 is 2.94 bits per heavy atom. The highest BCUT2D eigenvalue weighted by molar-refractivity contribution is 9.10. The molecule has 4 rings (SSSR count). The molecule has 0 aliphatic heterocycles. The fourth-order valence-electron chi connectivity index (χ4n) is 2.12. The minimum atomic E-state index is 0.513. The van der Waals surface area contributed by atoms with E-state index >= 15 is 0 Å². The van der Waals surface area contributed by atoms with Gasteiger partial charge in [0.15, 0.2) is 0 Å². The smallest absolute Gasteiger partial charge is 0.196 e. The van der Waals surface area contributed by atoms with Gasteiger partial charge in [-0.3, -0.25) is 0 Å². The lowest BCUT2D eigenvalue weighted by atomic mass is 10.1. The third kappa shape index (κ3) is 1.26. The molecule has 0 fully saturated rings. The van der Waals surface area contributed by atoms with Crippen LogP contribution in [0.15, 0.2) is 41.1 Å². The topological polar surface area (TPSA) is 56.0 Å². The van der Waals surface area contributed by atoms with Crippen molar-refractivity contribution in [1.82, 2.24) is 24.8 Å². The zero-order chi connectivity index (χ0) is 12.1. The highest BCUT2D eigenvalue weighted by Crippen LogP contribution is 2.25. The van der Waals surface area contributed by atoms with Crippen LogP contribution in [0, 0.1) is 0 Å². The Bertz CT molecular complexity index is 899. The third-order valence-electron chi connectivity index (χ3n) is 2.93. The Kier molecular flexibility index (Phi) is 1.90. The summed E-state index contributed by atoms with van der Waals surface area (Å²) < 4.78 is 2.74. The second-order valence-corrected chi connectivity index (χ2v) is 4.89. The molecule has 2 aromatic heterocycles. The van der Waals surface area contributed by atoms with Gasteiger partial charge in [-0.2, -0.15) is 14.6 Å². The first-order valence-corrected chi connectivity index (χ1v) is 6.17. The molecule has 2 heterocycles. The summed E-state index contributed by atoms with van der Waals surface area (Å²) in [6, 6.07) is 10.1. The van der Waals surface area contributed by atoms with Crippen molar-refractivity contribution in [3.05, 3.63) is 41.1 Å². The van der Waals surface area contributed by atoms with Crippen molar-refractivity contribution in [2.24, 2.45) is 0 Å². The fourth-order valence-corrected chi connectivity index (χ4v) is 2.50. The van der Waals surface area contributed by atoms with Crippen LogP contribution in [-0.2, 0) is 0 Å². The molecule has 0 saturated heterocycles. The molecular weight excluding hydrogens is 294 g/mol. The van der Waals surface area contributed by atoms with Gasteiger partial charge in [-0.1, -0.05) is 28.1 Å². The number of halogens is 1. The summed E-state index contributed by atoms with van der Waals surface area (Å²) in [5.41, 5.74) is 1.74. The number of rotatable bonds is 0. The van der Waals surface area contributed by atoms with Gasteiger partial charge in [0.25, 0.3) is 5.78 Å². The number of hydrogen-bond donors (Lipinski definition) is 0. The SMILES string of the molecule is Brc1ccc2c(ccc3c2nnc2ncnn23)c1. The highest BCUT2D eigenvalue weighted by Gasteiger charge is 2.08. The van der Waals surface area contributed by atoms with Gasteiger partial charge in [0.1, 0.15) is 11.8 Å². The number of fused-ring (bicyclic) bond motifs is 5. The molecule has 0 spiro atoms. The van der Waals surface area contributed by atoms with Crippen molar-refractivity contribution >= 4 is 43.5 Å². The van der Waals surface area contributed by atoms with Crippen molar-refractivity contribution in [3.63, 3.8) is 0 Å². The van der Waals surface area contributed by atoms with Crippen molar-refractivity contribution in [1.29, 1.82) is 0 Å². The third-order valence-corrected chi connectivity index (χ3v) is 3.42. The largest absolute Gasteiger partial charge is 0.272 e. The van der Waals surface area contributed by atoms with Crippen LogP contribution < -0.4 is 0 Å². The molecule has 0 atom stereocenters. The van der Waals surface area contributed by atoms with Crippen molar-refractivity contribution in [3.8, 4) is 0 Å². The van der Waals surface area contributed by atoms with Gasteiger partial charge in [0.2, 0.25) is 0 Å². The maximum Gasteiger partial charge on any atom is 0.272 e. The predicted octanol–water partition coefficient (Wildman–Crippen LogP) is 2.59. The fraction of sp³-hybridized carbons (Fsp3) is 0. The maximum atomic E-state index is 4.25. The first-order chi connectivity index (χ1) is 8.83. The number of hydrogen-bond acceptors (Lipinski definition) is 4. The number of aromatic nitrogens is 5. The molecule has 5 nitrogen and oxygen atoms in total. The van der Waals surface area contributed by atoms with Gasteiger partial charge in [-0.25, -0.2) is 0 Å². The summed E-state index contributed by atoms with van der Waals surface area (Å²) in [5.74, 6) is 0.513. The average Bonchev–Trinajstić information content (AvgIpc) is 2.86. The Balaban J connectivity index is 2.28. The van der Waals surface area contributed by atoms with E-state index < -0.39 is 0 Å². The molecule has 4 aromatic rings. The van der Waals surface area contributed by atoms with Gasteiger partial charge in [-0.05, 0) is 23.6 Å². The van der Waals surface area contributed by atoms with Crippen LogP contribution in [0.4, 0.5) is 0 Å². The Hall–Kier alpha value is -2.08. The van der Waals surface area contributed by atoms with E-state index in [2.05, 4.69) is 42.3 Å². The lowest BCUT2D eigenvalue weighted by Crippen LogP contribution is -1.97. The molecule has 6 heteroatoms. The molecule has 0 N–H and O–H groups in total. The Labute approximate surface area is 110 Å². The van der Waals surface area contributed by atoms with Crippen LogP contribution in [0.3, 0.4) is 0 Å². The van der Waals surface area contributed by atoms with E-state index in [-0.39, 0.29) is 0 Å². The molecule has 0 aliphatic rings. The molecule has 2 aromatic carbocycles. The van der Waals surface area contributed by atoms with Gasteiger partial charge in [-0.15, -0.1) is 10.2 Å². The molecular formula is C12H6BrN5. The van der Waals surface area contributed by atoms with Crippen LogP contribution in [0.1, 0.15) is 0 Å². The molecule has 0 saturated carbocycles. The monoisotopic (exact) mass is 299 g/mol. The second kappa shape index (κ2) is 3.46. The molecule has 86 valence electrons. The van der Waals surface area contributed by atoms with E-state index in [9.17, 15) is 0 Å². The van der Waals surface area contributed by atoms with E-state index in [4.69, 9.17) is 0 Å². The summed E-state index contributed by atoms with van der Waals surface area (Å²) in [6.07, 6.45) is 1.48. The molecule has 0 aliphatic carbocycles. The zero-order valence-corrected chi connectivity index (χ0v) is 10.7. The van der Waals surface area contributed by atoms with Crippen LogP contribution in [0.5, 0.6) is 0 Å². The quantitative estimate of drug-likeness (QED) is 0.468. The molecule has 0 bridgehead atoms. The summed E-state index contributed by atoms with van der Waals surface area (Å²) >= 11 is 3.47. The molecule has 0 unspecified atom stereocenters. The molecule has 0 amide bonds. The van der Waals surface area contributed by atoms with Crippen molar-refractivity contribution < 1.29 is 0 Å². The van der Waals surface area contributed by atoms with E-state index in [1.54, 1.807) is 4.52 Å². The van der Waals surface area contributed by atoms with Crippen LogP contribution in [0.2, 0.25) is 0 Å². The van der Waals surface area contributed by atoms with Crippen molar-refractivity contribution in [2.75, 3.05) is 0 Å². The van der Waals surface area contributed by atoms with Crippen LogP contribution >= 0.6 is 15.9 Å². The molecule has 0 radical (unpaired) electrons. The Morgan fingerprint density at radius 1 is 1.06 bits per heavy atom.